The van der Waals surface area contributed by atoms with Gasteiger partial charge >= 0.3 is 0 Å². The third-order valence-corrected chi connectivity index (χ3v) is 3.13. The van der Waals surface area contributed by atoms with Gasteiger partial charge in [-0.1, -0.05) is 11.6 Å². The van der Waals surface area contributed by atoms with Crippen molar-refractivity contribution in [3.8, 4) is 5.75 Å². The molecule has 5 nitrogen and oxygen atoms in total. The van der Waals surface area contributed by atoms with Gasteiger partial charge in [-0.25, -0.2) is 0 Å². The van der Waals surface area contributed by atoms with E-state index in [0.29, 0.717) is 11.3 Å². The van der Waals surface area contributed by atoms with E-state index in [1.54, 1.807) is 12.1 Å². The molecule has 5 heteroatoms. The molecule has 1 aromatic rings. The third kappa shape index (κ3) is 2.32. The molecular weight excluding hydrogens is 234 g/mol. The number of carbonyl (C=O) groups is 1. The van der Waals surface area contributed by atoms with Gasteiger partial charge in [-0.05, 0) is 19.1 Å². The van der Waals surface area contributed by atoms with Gasteiger partial charge in [0.05, 0.1) is 24.9 Å². The van der Waals surface area contributed by atoms with E-state index in [1.807, 2.05) is 13.0 Å². The summed E-state index contributed by atoms with van der Waals surface area (Å²) >= 11 is 0. The quantitative estimate of drug-likeness (QED) is 0.786. The highest BCUT2D eigenvalue weighted by atomic mass is 16.5. The smallest absolute Gasteiger partial charge is 0.257 e. The molecular formula is C13H17NO4. The van der Waals surface area contributed by atoms with Crippen LogP contribution >= 0.6 is 0 Å². The van der Waals surface area contributed by atoms with Crippen LogP contribution in [-0.2, 0) is 0 Å². The molecule has 1 saturated heterocycles. The zero-order valence-corrected chi connectivity index (χ0v) is 10.5. The van der Waals surface area contributed by atoms with Gasteiger partial charge in [0.1, 0.15) is 5.75 Å². The maximum atomic E-state index is 12.3. The number of hydrogen-bond donors (Lipinski definition) is 2. The lowest BCUT2D eigenvalue weighted by Gasteiger charge is -2.17. The van der Waals surface area contributed by atoms with Crippen molar-refractivity contribution >= 4 is 5.91 Å². The number of amides is 1. The summed E-state index contributed by atoms with van der Waals surface area (Å²) in [5.41, 5.74) is 1.42. The Bertz CT molecular complexity index is 450. The Balaban J connectivity index is 2.26. The van der Waals surface area contributed by atoms with Gasteiger partial charge in [-0.15, -0.1) is 0 Å². The Morgan fingerprint density at radius 1 is 1.33 bits per heavy atom. The number of ether oxygens (including phenoxy) is 1. The van der Waals surface area contributed by atoms with Gasteiger partial charge in [0.2, 0.25) is 0 Å². The number of rotatable bonds is 2. The molecule has 2 atom stereocenters. The molecule has 0 saturated carbocycles. The summed E-state index contributed by atoms with van der Waals surface area (Å²) in [6.07, 6.45) is -1.74. The van der Waals surface area contributed by atoms with Crippen LogP contribution in [0.25, 0.3) is 0 Å². The van der Waals surface area contributed by atoms with Crippen LogP contribution in [0.1, 0.15) is 15.9 Å². The summed E-state index contributed by atoms with van der Waals surface area (Å²) in [6, 6.07) is 5.35. The van der Waals surface area contributed by atoms with Crippen molar-refractivity contribution in [3.05, 3.63) is 29.3 Å². The van der Waals surface area contributed by atoms with Gasteiger partial charge in [0, 0.05) is 13.1 Å². The summed E-state index contributed by atoms with van der Waals surface area (Å²) in [7, 11) is 1.51. The normalized spacial score (nSPS) is 23.2. The van der Waals surface area contributed by atoms with Crippen LogP contribution in [0.3, 0.4) is 0 Å². The predicted octanol–water partition coefficient (Wildman–Crippen LogP) is 0.181. The highest BCUT2D eigenvalue weighted by molar-refractivity contribution is 5.97. The van der Waals surface area contributed by atoms with Crippen molar-refractivity contribution in [3.63, 3.8) is 0 Å². The number of likely N-dealkylation sites (tertiary alicyclic amines) is 1. The molecule has 0 spiro atoms. The van der Waals surface area contributed by atoms with Gasteiger partial charge in [0.15, 0.2) is 0 Å². The molecule has 1 aliphatic heterocycles. The molecule has 2 N–H and O–H groups in total. The van der Waals surface area contributed by atoms with Crippen molar-refractivity contribution in [1.82, 2.24) is 4.90 Å². The van der Waals surface area contributed by atoms with Crippen LogP contribution in [-0.4, -0.2) is 53.4 Å². The fourth-order valence-corrected chi connectivity index (χ4v) is 2.09. The van der Waals surface area contributed by atoms with E-state index < -0.39 is 12.2 Å². The Kier molecular flexibility index (Phi) is 3.54. The number of hydrogen-bond acceptors (Lipinski definition) is 4. The van der Waals surface area contributed by atoms with E-state index in [4.69, 9.17) is 4.74 Å². The number of carbonyl (C=O) groups excluding carboxylic acids is 1. The third-order valence-electron chi connectivity index (χ3n) is 3.13. The fourth-order valence-electron chi connectivity index (χ4n) is 2.09. The number of methoxy groups -OCH3 is 1. The van der Waals surface area contributed by atoms with E-state index >= 15 is 0 Å². The van der Waals surface area contributed by atoms with E-state index in [1.165, 1.54) is 12.0 Å². The van der Waals surface area contributed by atoms with Crippen molar-refractivity contribution in [1.29, 1.82) is 0 Å². The topological polar surface area (TPSA) is 70.0 Å². The Labute approximate surface area is 106 Å². The molecule has 0 aliphatic carbocycles. The first-order valence-corrected chi connectivity index (χ1v) is 5.83. The molecule has 18 heavy (non-hydrogen) atoms. The number of aryl methyl sites for hydroxylation is 1. The standard InChI is InChI=1S/C13H17NO4/c1-8-3-4-12(18-2)9(5-8)13(17)14-6-10(15)11(16)7-14/h3-5,10-11,15-16H,6-7H2,1-2H3. The van der Waals surface area contributed by atoms with E-state index in [2.05, 4.69) is 0 Å². The summed E-state index contributed by atoms with van der Waals surface area (Å²) in [5.74, 6) is 0.271. The van der Waals surface area contributed by atoms with E-state index in [0.717, 1.165) is 5.56 Å². The summed E-state index contributed by atoms with van der Waals surface area (Å²) in [5, 5.41) is 18.9. The number of aliphatic hydroxyl groups is 2. The Morgan fingerprint density at radius 2 is 1.94 bits per heavy atom. The highest BCUT2D eigenvalue weighted by Gasteiger charge is 2.33. The largest absolute Gasteiger partial charge is 0.496 e. The molecule has 0 aromatic heterocycles. The molecule has 1 fully saturated rings. The minimum absolute atomic E-state index is 0.150. The van der Waals surface area contributed by atoms with Gasteiger partial charge in [-0.3, -0.25) is 4.79 Å². The molecule has 2 rings (SSSR count). The monoisotopic (exact) mass is 251 g/mol. The van der Waals surface area contributed by atoms with E-state index in [-0.39, 0.29) is 19.0 Å². The maximum Gasteiger partial charge on any atom is 0.257 e. The van der Waals surface area contributed by atoms with Crippen molar-refractivity contribution in [2.75, 3.05) is 20.2 Å². The zero-order chi connectivity index (χ0) is 13.3. The van der Waals surface area contributed by atoms with Gasteiger partial charge in [0.25, 0.3) is 5.91 Å². The molecule has 1 aliphatic rings. The van der Waals surface area contributed by atoms with Gasteiger partial charge < -0.3 is 19.8 Å². The van der Waals surface area contributed by atoms with E-state index in [9.17, 15) is 15.0 Å². The molecule has 1 aromatic carbocycles. The molecule has 1 heterocycles. The highest BCUT2D eigenvalue weighted by Crippen LogP contribution is 2.23. The first-order chi connectivity index (χ1) is 8.52. The first-order valence-electron chi connectivity index (χ1n) is 5.83. The SMILES string of the molecule is COc1ccc(C)cc1C(=O)N1CC(O)C(O)C1. The minimum Gasteiger partial charge on any atom is -0.496 e. The second kappa shape index (κ2) is 4.96. The predicted molar refractivity (Wildman–Crippen MR) is 65.6 cm³/mol. The van der Waals surface area contributed by atoms with Crippen molar-refractivity contribution in [2.24, 2.45) is 0 Å². The second-order valence-corrected chi connectivity index (χ2v) is 4.55. The molecule has 2 unspecified atom stereocenters. The van der Waals surface area contributed by atoms with Crippen LogP contribution in [0.15, 0.2) is 18.2 Å². The van der Waals surface area contributed by atoms with Crippen molar-refractivity contribution in [2.45, 2.75) is 19.1 Å². The maximum absolute atomic E-state index is 12.3. The number of benzene rings is 1. The lowest BCUT2D eigenvalue weighted by Crippen LogP contribution is -2.30. The summed E-state index contributed by atoms with van der Waals surface area (Å²) in [6.45, 7) is 2.19. The van der Waals surface area contributed by atoms with Crippen LogP contribution in [0.2, 0.25) is 0 Å². The molecule has 0 bridgehead atoms. The zero-order valence-electron chi connectivity index (χ0n) is 10.5. The Morgan fingerprint density at radius 3 is 2.50 bits per heavy atom. The first kappa shape index (κ1) is 12.9. The average Bonchev–Trinajstić information content (AvgIpc) is 2.68. The molecule has 98 valence electrons. The van der Waals surface area contributed by atoms with Crippen molar-refractivity contribution < 1.29 is 19.7 Å². The second-order valence-electron chi connectivity index (χ2n) is 4.55. The molecule has 0 radical (unpaired) electrons. The number of nitrogens with zero attached hydrogens (tertiary/aromatic N) is 1. The van der Waals surface area contributed by atoms with Gasteiger partial charge in [-0.2, -0.15) is 0 Å². The lowest BCUT2D eigenvalue weighted by atomic mass is 10.1. The fraction of sp³-hybridized carbons (Fsp3) is 0.462. The van der Waals surface area contributed by atoms with Crippen LogP contribution in [0.4, 0.5) is 0 Å². The number of aliphatic hydroxyl groups excluding tert-OH is 2. The van der Waals surface area contributed by atoms with Crippen LogP contribution in [0, 0.1) is 6.92 Å². The lowest BCUT2D eigenvalue weighted by molar-refractivity contribution is 0.0572. The average molecular weight is 251 g/mol. The minimum atomic E-state index is -0.871. The number of β-amino-alcohol motifs (C(OH)–C–C–N with tert-alkyl or cyclic N) is 2. The summed E-state index contributed by atoms with van der Waals surface area (Å²) in [4.78, 5) is 13.7. The summed E-state index contributed by atoms with van der Waals surface area (Å²) < 4.78 is 5.16. The Hall–Kier alpha value is -1.59. The van der Waals surface area contributed by atoms with Crippen LogP contribution < -0.4 is 4.74 Å². The molecule has 1 amide bonds. The van der Waals surface area contributed by atoms with Crippen LogP contribution in [0.5, 0.6) is 5.75 Å².